The van der Waals surface area contributed by atoms with Crippen molar-refractivity contribution in [1.29, 1.82) is 0 Å². The van der Waals surface area contributed by atoms with Crippen LogP contribution in [0, 0.1) is 6.92 Å². The van der Waals surface area contributed by atoms with Crippen LogP contribution >= 0.6 is 0 Å². The van der Waals surface area contributed by atoms with Gasteiger partial charge in [-0.25, -0.2) is 4.79 Å². The Balaban J connectivity index is 2.03. The van der Waals surface area contributed by atoms with Gasteiger partial charge in [0.25, 0.3) is 5.91 Å². The summed E-state index contributed by atoms with van der Waals surface area (Å²) >= 11 is 0. The third kappa shape index (κ3) is 3.00. The number of hydrogen-bond acceptors (Lipinski definition) is 3. The van der Waals surface area contributed by atoms with E-state index in [0.29, 0.717) is 5.56 Å². The van der Waals surface area contributed by atoms with E-state index >= 15 is 0 Å². The number of benzene rings is 1. The maximum absolute atomic E-state index is 11.5. The topological polar surface area (TPSA) is 75.6 Å². The highest BCUT2D eigenvalue weighted by Gasteiger charge is 2.23. The lowest BCUT2D eigenvalue weighted by molar-refractivity contribution is -0.123. The van der Waals surface area contributed by atoms with Crippen LogP contribution in [-0.4, -0.2) is 29.6 Å². The summed E-state index contributed by atoms with van der Waals surface area (Å²) in [5, 5.41) is 11.8. The second kappa shape index (κ2) is 5.08. The smallest absolute Gasteiger partial charge is 0.339 e. The fraction of sp³-hybridized carbons (Fsp3) is 0.385. The van der Waals surface area contributed by atoms with Gasteiger partial charge in [-0.2, -0.15) is 0 Å². The van der Waals surface area contributed by atoms with Crippen molar-refractivity contribution in [2.75, 3.05) is 6.61 Å². The molecule has 0 atom stereocenters. The van der Waals surface area contributed by atoms with Gasteiger partial charge < -0.3 is 15.2 Å². The maximum Gasteiger partial charge on any atom is 0.339 e. The van der Waals surface area contributed by atoms with Crippen LogP contribution in [-0.2, 0) is 4.79 Å². The molecule has 0 unspecified atom stereocenters. The van der Waals surface area contributed by atoms with Crippen LogP contribution in [0.2, 0.25) is 0 Å². The minimum atomic E-state index is -1.06. The molecule has 1 amide bonds. The Labute approximate surface area is 105 Å². The number of amides is 1. The molecule has 0 aliphatic heterocycles. The summed E-state index contributed by atoms with van der Waals surface area (Å²) in [5.41, 5.74) is 0.781. The van der Waals surface area contributed by atoms with Gasteiger partial charge in [0.15, 0.2) is 6.61 Å². The number of para-hydroxylation sites is 1. The first-order valence-corrected chi connectivity index (χ1v) is 5.83. The average Bonchev–Trinajstić information content (AvgIpc) is 3.10. The Morgan fingerprint density at radius 2 is 2.17 bits per heavy atom. The molecule has 0 saturated heterocycles. The predicted octanol–water partition coefficient (Wildman–Crippen LogP) is 1.35. The fourth-order valence-corrected chi connectivity index (χ4v) is 1.65. The van der Waals surface area contributed by atoms with Gasteiger partial charge in [-0.3, -0.25) is 4.79 Å². The molecule has 0 radical (unpaired) electrons. The zero-order valence-electron chi connectivity index (χ0n) is 10.1. The monoisotopic (exact) mass is 249 g/mol. The lowest BCUT2D eigenvalue weighted by Crippen LogP contribution is -2.30. The van der Waals surface area contributed by atoms with Gasteiger partial charge in [0.05, 0.1) is 0 Å². The minimum absolute atomic E-state index is 0.0780. The highest BCUT2D eigenvalue weighted by atomic mass is 16.5. The lowest BCUT2D eigenvalue weighted by atomic mass is 10.1. The van der Waals surface area contributed by atoms with Crippen molar-refractivity contribution < 1.29 is 19.4 Å². The zero-order valence-corrected chi connectivity index (χ0v) is 10.1. The molecule has 5 nitrogen and oxygen atoms in total. The van der Waals surface area contributed by atoms with Crippen molar-refractivity contribution in [3.05, 3.63) is 29.3 Å². The van der Waals surface area contributed by atoms with Crippen LogP contribution in [0.1, 0.15) is 28.8 Å². The number of ether oxygens (including phenoxy) is 1. The Bertz CT molecular complexity index is 480. The van der Waals surface area contributed by atoms with Crippen LogP contribution in [0.25, 0.3) is 0 Å². The molecule has 1 aromatic rings. The summed E-state index contributed by atoms with van der Waals surface area (Å²) in [6.45, 7) is 1.60. The van der Waals surface area contributed by atoms with Gasteiger partial charge in [0.1, 0.15) is 11.3 Å². The first-order valence-electron chi connectivity index (χ1n) is 5.83. The SMILES string of the molecule is Cc1cccc(C(=O)O)c1OCC(=O)NC1CC1. The molecule has 96 valence electrons. The highest BCUT2D eigenvalue weighted by Crippen LogP contribution is 2.23. The van der Waals surface area contributed by atoms with E-state index in [1.165, 1.54) is 6.07 Å². The number of nitrogens with one attached hydrogen (secondary N) is 1. The van der Waals surface area contributed by atoms with E-state index < -0.39 is 5.97 Å². The fourth-order valence-electron chi connectivity index (χ4n) is 1.65. The average molecular weight is 249 g/mol. The van der Waals surface area contributed by atoms with Crippen molar-refractivity contribution in [2.24, 2.45) is 0 Å². The first kappa shape index (κ1) is 12.4. The van der Waals surface area contributed by atoms with Crippen molar-refractivity contribution in [1.82, 2.24) is 5.32 Å². The largest absolute Gasteiger partial charge is 0.483 e. The minimum Gasteiger partial charge on any atom is -0.483 e. The molecule has 0 aromatic heterocycles. The molecule has 1 aromatic carbocycles. The van der Waals surface area contributed by atoms with Gasteiger partial charge in [-0.15, -0.1) is 0 Å². The van der Waals surface area contributed by atoms with Crippen LogP contribution in [0.5, 0.6) is 5.75 Å². The number of carboxylic acids is 1. The number of aryl methyl sites for hydroxylation is 1. The summed E-state index contributed by atoms with van der Waals surface area (Å²) in [4.78, 5) is 22.5. The van der Waals surface area contributed by atoms with Crippen LogP contribution in [0.4, 0.5) is 0 Å². The van der Waals surface area contributed by atoms with Crippen molar-refractivity contribution in [3.8, 4) is 5.75 Å². The predicted molar refractivity (Wildman–Crippen MR) is 64.8 cm³/mol. The van der Waals surface area contributed by atoms with Crippen molar-refractivity contribution in [2.45, 2.75) is 25.8 Å². The molecule has 1 aliphatic rings. The quantitative estimate of drug-likeness (QED) is 0.826. The third-order valence-corrected chi connectivity index (χ3v) is 2.73. The molecule has 0 heterocycles. The second-order valence-corrected chi connectivity index (χ2v) is 4.39. The third-order valence-electron chi connectivity index (χ3n) is 2.73. The summed E-state index contributed by atoms with van der Waals surface area (Å²) < 4.78 is 5.33. The Kier molecular flexibility index (Phi) is 3.50. The number of carboxylic acid groups (broad SMARTS) is 1. The van der Waals surface area contributed by atoms with E-state index in [0.717, 1.165) is 12.8 Å². The molecule has 1 fully saturated rings. The van der Waals surface area contributed by atoms with Gasteiger partial charge >= 0.3 is 5.97 Å². The normalized spacial score (nSPS) is 14.1. The second-order valence-electron chi connectivity index (χ2n) is 4.39. The molecule has 2 rings (SSSR count). The Morgan fingerprint density at radius 1 is 1.44 bits per heavy atom. The number of aromatic carboxylic acids is 1. The molecule has 5 heteroatoms. The Morgan fingerprint density at radius 3 is 2.78 bits per heavy atom. The zero-order chi connectivity index (χ0) is 13.1. The molecule has 2 N–H and O–H groups in total. The van der Waals surface area contributed by atoms with Crippen LogP contribution < -0.4 is 10.1 Å². The summed E-state index contributed by atoms with van der Waals surface area (Å²) in [6, 6.07) is 5.14. The molecular formula is C13H15NO4. The molecule has 0 spiro atoms. The number of rotatable bonds is 5. The van der Waals surface area contributed by atoms with E-state index in [1.54, 1.807) is 19.1 Å². The van der Waals surface area contributed by atoms with Crippen LogP contribution in [0.3, 0.4) is 0 Å². The van der Waals surface area contributed by atoms with E-state index in [-0.39, 0.29) is 29.9 Å². The number of hydrogen-bond donors (Lipinski definition) is 2. The van der Waals surface area contributed by atoms with Gasteiger partial charge in [-0.05, 0) is 31.4 Å². The molecule has 1 aliphatic carbocycles. The van der Waals surface area contributed by atoms with E-state index in [1.807, 2.05) is 0 Å². The van der Waals surface area contributed by atoms with Gasteiger partial charge in [0, 0.05) is 6.04 Å². The first-order chi connectivity index (χ1) is 8.58. The van der Waals surface area contributed by atoms with Crippen LogP contribution in [0.15, 0.2) is 18.2 Å². The lowest BCUT2D eigenvalue weighted by Gasteiger charge is -2.11. The highest BCUT2D eigenvalue weighted by molar-refractivity contribution is 5.91. The van der Waals surface area contributed by atoms with E-state index in [2.05, 4.69) is 5.32 Å². The van der Waals surface area contributed by atoms with E-state index in [9.17, 15) is 9.59 Å². The summed E-state index contributed by atoms with van der Waals surface area (Å²) in [5.74, 6) is -1.01. The summed E-state index contributed by atoms with van der Waals surface area (Å²) in [7, 11) is 0. The summed E-state index contributed by atoms with van der Waals surface area (Å²) in [6.07, 6.45) is 2.02. The van der Waals surface area contributed by atoms with Gasteiger partial charge in [-0.1, -0.05) is 12.1 Å². The van der Waals surface area contributed by atoms with Gasteiger partial charge in [0.2, 0.25) is 0 Å². The molecule has 18 heavy (non-hydrogen) atoms. The molecule has 0 bridgehead atoms. The number of carbonyl (C=O) groups excluding carboxylic acids is 1. The number of carbonyl (C=O) groups is 2. The van der Waals surface area contributed by atoms with Crippen molar-refractivity contribution >= 4 is 11.9 Å². The van der Waals surface area contributed by atoms with Crippen molar-refractivity contribution in [3.63, 3.8) is 0 Å². The standard InChI is InChI=1S/C13H15NO4/c1-8-3-2-4-10(13(16)17)12(8)18-7-11(15)14-9-5-6-9/h2-4,9H,5-7H2,1H3,(H,14,15)(H,16,17). The maximum atomic E-state index is 11.5. The van der Waals surface area contributed by atoms with E-state index in [4.69, 9.17) is 9.84 Å². The molecular weight excluding hydrogens is 234 g/mol. The molecule has 1 saturated carbocycles. The Hall–Kier alpha value is -2.04.